The van der Waals surface area contributed by atoms with Crippen LogP contribution >= 0.6 is 0 Å². The number of hydrogen-bond donors (Lipinski definition) is 9. The third-order valence-corrected chi connectivity index (χ3v) is 12.8. The van der Waals surface area contributed by atoms with E-state index >= 15 is 0 Å². The Kier molecular flexibility index (Phi) is 35.6. The summed E-state index contributed by atoms with van der Waals surface area (Å²) < 4.78 is 22.5. The van der Waals surface area contributed by atoms with Crippen molar-refractivity contribution in [1.82, 2.24) is 5.32 Å². The number of carbonyl (C=O) groups is 1. The average Bonchev–Trinajstić information content (AvgIpc) is 3.31. The number of ether oxygens (including phenoxy) is 4. The predicted molar refractivity (Wildman–Crippen MR) is 258 cm³/mol. The molecule has 0 aromatic heterocycles. The smallest absolute Gasteiger partial charge is 0.220 e. The van der Waals surface area contributed by atoms with E-state index in [1.807, 2.05) is 6.08 Å². The molecule has 0 radical (unpaired) electrons. The number of aliphatic hydroxyl groups is 8. The van der Waals surface area contributed by atoms with Gasteiger partial charge in [-0.15, -0.1) is 0 Å². The first kappa shape index (κ1) is 60.3. The molecule has 1 amide bonds. The second kappa shape index (κ2) is 39.0. The normalized spacial score (nSPS) is 27.1. The number of aliphatic hydroxyl groups excluding tert-OH is 8. The Morgan fingerprint density at radius 1 is 0.530 bits per heavy atom. The highest BCUT2D eigenvalue weighted by Crippen LogP contribution is 2.30. The molecule has 2 rings (SSSR count). The van der Waals surface area contributed by atoms with Gasteiger partial charge in [0.25, 0.3) is 0 Å². The van der Waals surface area contributed by atoms with E-state index in [2.05, 4.69) is 43.5 Å². The number of rotatable bonds is 40. The van der Waals surface area contributed by atoms with Crippen LogP contribution in [0.4, 0.5) is 0 Å². The SMILES string of the molecule is CCCCCCCCCCCCCCCCCCCC/C=C/CC/C=C/CC/C=C/C(O)C(COC1OC(CO)C(OC2OC(CO)C(O)C(O)C2O)C(O)C1O)NC(=O)CCCCCC. The van der Waals surface area contributed by atoms with Gasteiger partial charge in [-0.3, -0.25) is 4.79 Å². The van der Waals surface area contributed by atoms with Gasteiger partial charge in [-0.25, -0.2) is 0 Å². The molecule has 0 saturated carbocycles. The summed E-state index contributed by atoms with van der Waals surface area (Å²) in [6, 6.07) is -0.931. The van der Waals surface area contributed by atoms with Gasteiger partial charge >= 0.3 is 0 Å². The summed E-state index contributed by atoms with van der Waals surface area (Å²) in [6.07, 6.45) is 28.7. The molecule has 2 aliphatic heterocycles. The lowest BCUT2D eigenvalue weighted by atomic mass is 9.97. The summed E-state index contributed by atoms with van der Waals surface area (Å²) in [4.78, 5) is 12.9. The molecular formula is C52H95NO13. The van der Waals surface area contributed by atoms with Crippen LogP contribution in [-0.4, -0.2) is 140 Å². The van der Waals surface area contributed by atoms with E-state index in [4.69, 9.17) is 18.9 Å². The molecule has 0 aromatic rings. The van der Waals surface area contributed by atoms with E-state index in [-0.39, 0.29) is 18.9 Å². The minimum atomic E-state index is -1.79. The van der Waals surface area contributed by atoms with Crippen LogP contribution in [0.2, 0.25) is 0 Å². The highest BCUT2D eigenvalue weighted by Gasteiger charge is 2.51. The third kappa shape index (κ3) is 25.7. The number of allylic oxidation sites excluding steroid dienone is 5. The van der Waals surface area contributed by atoms with Gasteiger partial charge in [0.2, 0.25) is 5.91 Å². The Bertz CT molecular complexity index is 1250. The van der Waals surface area contributed by atoms with Crippen molar-refractivity contribution in [2.24, 2.45) is 0 Å². The molecule has 386 valence electrons. The number of carbonyl (C=O) groups excluding carboxylic acids is 1. The average molecular weight is 942 g/mol. The van der Waals surface area contributed by atoms with Crippen molar-refractivity contribution in [3.63, 3.8) is 0 Å². The molecule has 2 fully saturated rings. The summed E-state index contributed by atoms with van der Waals surface area (Å²) in [7, 11) is 0. The zero-order chi connectivity index (χ0) is 48.2. The van der Waals surface area contributed by atoms with Crippen LogP contribution in [0.1, 0.15) is 194 Å². The maximum atomic E-state index is 12.9. The zero-order valence-electron chi connectivity index (χ0n) is 40.9. The van der Waals surface area contributed by atoms with Crippen molar-refractivity contribution < 1.29 is 64.6 Å². The van der Waals surface area contributed by atoms with E-state index in [9.17, 15) is 45.6 Å². The molecule has 2 heterocycles. The first-order valence-corrected chi connectivity index (χ1v) is 26.2. The van der Waals surface area contributed by atoms with Gasteiger partial charge in [0.1, 0.15) is 48.8 Å². The van der Waals surface area contributed by atoms with Crippen LogP contribution in [-0.2, 0) is 23.7 Å². The van der Waals surface area contributed by atoms with Crippen LogP contribution in [0.25, 0.3) is 0 Å². The number of nitrogens with one attached hydrogen (secondary N) is 1. The van der Waals surface area contributed by atoms with Crippen molar-refractivity contribution >= 4 is 5.91 Å². The van der Waals surface area contributed by atoms with E-state index in [0.717, 1.165) is 44.9 Å². The number of hydrogen-bond acceptors (Lipinski definition) is 13. The molecular weight excluding hydrogens is 847 g/mol. The quantitative estimate of drug-likeness (QED) is 0.0221. The third-order valence-electron chi connectivity index (χ3n) is 12.8. The van der Waals surface area contributed by atoms with Gasteiger partial charge < -0.3 is 65.1 Å². The van der Waals surface area contributed by atoms with Crippen LogP contribution < -0.4 is 5.32 Å². The molecule has 14 nitrogen and oxygen atoms in total. The van der Waals surface area contributed by atoms with Crippen molar-refractivity contribution in [2.45, 2.75) is 267 Å². The topological polar surface area (TPSA) is 228 Å². The first-order chi connectivity index (χ1) is 32.1. The number of amides is 1. The molecule has 0 spiro atoms. The van der Waals surface area contributed by atoms with Crippen LogP contribution in [0, 0.1) is 0 Å². The van der Waals surface area contributed by atoms with Gasteiger partial charge in [0.05, 0.1) is 32.0 Å². The fraction of sp³-hybridized carbons (Fsp3) is 0.865. The highest BCUT2D eigenvalue weighted by atomic mass is 16.7. The van der Waals surface area contributed by atoms with Gasteiger partial charge in [-0.1, -0.05) is 179 Å². The molecule has 9 N–H and O–H groups in total. The van der Waals surface area contributed by atoms with Crippen molar-refractivity contribution in [3.8, 4) is 0 Å². The van der Waals surface area contributed by atoms with E-state index < -0.39 is 86.8 Å². The lowest BCUT2D eigenvalue weighted by molar-refractivity contribution is -0.359. The summed E-state index contributed by atoms with van der Waals surface area (Å²) in [5, 5.41) is 86.2. The Morgan fingerprint density at radius 2 is 0.970 bits per heavy atom. The molecule has 66 heavy (non-hydrogen) atoms. The van der Waals surface area contributed by atoms with E-state index in [1.165, 1.54) is 116 Å². The summed E-state index contributed by atoms with van der Waals surface area (Å²) in [5.41, 5.74) is 0. The van der Waals surface area contributed by atoms with E-state index in [0.29, 0.717) is 12.8 Å². The molecule has 12 unspecified atom stereocenters. The largest absolute Gasteiger partial charge is 0.394 e. The van der Waals surface area contributed by atoms with Gasteiger partial charge in [-0.2, -0.15) is 0 Å². The summed E-state index contributed by atoms with van der Waals surface area (Å²) in [5.74, 6) is -0.272. The van der Waals surface area contributed by atoms with Gasteiger partial charge in [-0.05, 0) is 44.9 Å². The molecule has 12 atom stereocenters. The maximum absolute atomic E-state index is 12.9. The first-order valence-electron chi connectivity index (χ1n) is 26.2. The second-order valence-electron chi connectivity index (χ2n) is 18.6. The van der Waals surface area contributed by atoms with E-state index in [1.54, 1.807) is 6.08 Å². The Morgan fingerprint density at radius 3 is 1.48 bits per heavy atom. The molecule has 2 aliphatic rings. The second-order valence-corrected chi connectivity index (χ2v) is 18.6. The molecule has 14 heteroatoms. The zero-order valence-corrected chi connectivity index (χ0v) is 40.9. The Hall–Kier alpha value is -1.79. The summed E-state index contributed by atoms with van der Waals surface area (Å²) in [6.45, 7) is 2.62. The standard InChI is InChI=1S/C52H95NO13/c1-3-5-7-9-10-11-12-13-14-15-16-17-18-19-20-21-22-23-24-25-26-27-28-29-30-31-32-33-35-41(56)40(53-44(57)36-34-8-6-4-2)39-63-51-49(62)47(60)50(43(38-55)65-51)66-52-48(61)46(59)45(58)42(37-54)64-52/h25-26,29-30,33,35,40-43,45-52,54-56,58-62H,3-24,27-28,31-32,34,36-39H2,1-2H3,(H,53,57)/b26-25+,30-29+,35-33+. The van der Waals surface area contributed by atoms with Gasteiger partial charge in [0, 0.05) is 6.42 Å². The molecule has 0 aromatic carbocycles. The lowest BCUT2D eigenvalue weighted by Gasteiger charge is -2.46. The minimum Gasteiger partial charge on any atom is -0.394 e. The van der Waals surface area contributed by atoms with Crippen LogP contribution in [0.15, 0.2) is 36.5 Å². The summed E-state index contributed by atoms with van der Waals surface area (Å²) >= 11 is 0. The fourth-order valence-corrected chi connectivity index (χ4v) is 8.50. The highest BCUT2D eigenvalue weighted by molar-refractivity contribution is 5.76. The Labute approximate surface area is 398 Å². The van der Waals surface area contributed by atoms with Gasteiger partial charge in [0.15, 0.2) is 12.6 Å². The maximum Gasteiger partial charge on any atom is 0.220 e. The predicted octanol–water partition coefficient (Wildman–Crippen LogP) is 7.10. The fourth-order valence-electron chi connectivity index (χ4n) is 8.50. The monoisotopic (exact) mass is 942 g/mol. The minimum absolute atomic E-state index is 0.261. The Balaban J connectivity index is 1.67. The van der Waals surface area contributed by atoms with Crippen molar-refractivity contribution in [1.29, 1.82) is 0 Å². The van der Waals surface area contributed by atoms with Crippen molar-refractivity contribution in [3.05, 3.63) is 36.5 Å². The van der Waals surface area contributed by atoms with Crippen LogP contribution in [0.3, 0.4) is 0 Å². The molecule has 0 aliphatic carbocycles. The van der Waals surface area contributed by atoms with Crippen molar-refractivity contribution in [2.75, 3.05) is 19.8 Å². The lowest BCUT2D eigenvalue weighted by Crippen LogP contribution is -2.65. The number of unbranched alkanes of at least 4 members (excludes halogenated alkanes) is 23. The van der Waals surface area contributed by atoms with Crippen LogP contribution in [0.5, 0.6) is 0 Å². The molecule has 2 saturated heterocycles. The molecule has 0 bridgehead atoms.